The predicted molar refractivity (Wildman–Crippen MR) is 104 cm³/mol. The number of rotatable bonds is 1. The Morgan fingerprint density at radius 3 is 2.59 bits per heavy atom. The molecule has 0 unspecified atom stereocenters. The number of para-hydroxylation sites is 1. The lowest BCUT2D eigenvalue weighted by atomic mass is 9.93. The summed E-state index contributed by atoms with van der Waals surface area (Å²) in [5.41, 5.74) is 3.59. The summed E-state index contributed by atoms with van der Waals surface area (Å²) in [5, 5.41) is 1.95. The van der Waals surface area contributed by atoms with E-state index in [-0.39, 0.29) is 17.3 Å². The number of likely N-dealkylation sites (N-methyl/N-ethyl adjacent to an activating group) is 1. The molecule has 0 spiro atoms. The lowest BCUT2D eigenvalue weighted by Gasteiger charge is -2.35. The lowest BCUT2D eigenvalue weighted by molar-refractivity contribution is 0.0925. The van der Waals surface area contributed by atoms with Crippen molar-refractivity contribution >= 4 is 33.4 Å². The maximum Gasteiger partial charge on any atom is 0.213 e. The third-order valence-corrected chi connectivity index (χ3v) is 5.64. The zero-order valence-corrected chi connectivity index (χ0v) is 15.4. The topological polar surface area (TPSA) is 69.3 Å². The van der Waals surface area contributed by atoms with Crippen LogP contribution in [0.4, 0.5) is 0 Å². The minimum atomic E-state index is -0.192. The third-order valence-electron chi connectivity index (χ3n) is 5.64. The second kappa shape index (κ2) is 5.76. The van der Waals surface area contributed by atoms with E-state index in [4.69, 9.17) is 0 Å². The van der Waals surface area contributed by atoms with Gasteiger partial charge in [-0.05, 0) is 20.0 Å². The normalized spacial score (nSPS) is 18.3. The molecule has 0 radical (unpaired) electrons. The number of benzene rings is 1. The number of piperazine rings is 1. The molecule has 1 N–H and O–H groups in total. The van der Waals surface area contributed by atoms with Crippen molar-refractivity contribution in [2.45, 2.75) is 6.92 Å². The first kappa shape index (κ1) is 16.2. The number of aryl methyl sites for hydroxylation is 1. The number of pyridine rings is 1. The Balaban J connectivity index is 1.72. The number of carbonyl (C=O) groups excluding carboxylic acids is 2. The van der Waals surface area contributed by atoms with Crippen molar-refractivity contribution in [3.05, 3.63) is 53.0 Å². The van der Waals surface area contributed by atoms with Crippen molar-refractivity contribution in [2.75, 3.05) is 33.2 Å². The van der Waals surface area contributed by atoms with Gasteiger partial charge in [0.1, 0.15) is 5.69 Å². The van der Waals surface area contributed by atoms with Gasteiger partial charge in [-0.1, -0.05) is 18.2 Å². The summed E-state index contributed by atoms with van der Waals surface area (Å²) >= 11 is 0. The summed E-state index contributed by atoms with van der Waals surface area (Å²) in [5.74, 6) is -0.305. The molecule has 6 nitrogen and oxygen atoms in total. The molecule has 1 aliphatic carbocycles. The third kappa shape index (κ3) is 2.33. The van der Waals surface area contributed by atoms with Crippen LogP contribution in [0.2, 0.25) is 0 Å². The van der Waals surface area contributed by atoms with E-state index in [0.717, 1.165) is 53.7 Å². The Bertz CT molecular complexity index is 1150. The van der Waals surface area contributed by atoms with Crippen molar-refractivity contribution in [1.29, 1.82) is 0 Å². The van der Waals surface area contributed by atoms with Crippen LogP contribution < -0.4 is 0 Å². The number of aromatic amines is 1. The molecular weight excluding hydrogens is 340 g/mol. The first-order valence-electron chi connectivity index (χ1n) is 9.20. The second-order valence-electron chi connectivity index (χ2n) is 7.35. The van der Waals surface area contributed by atoms with Gasteiger partial charge in [0.25, 0.3) is 0 Å². The van der Waals surface area contributed by atoms with Gasteiger partial charge in [0.2, 0.25) is 11.6 Å². The molecule has 3 heterocycles. The van der Waals surface area contributed by atoms with Gasteiger partial charge in [-0.3, -0.25) is 9.59 Å². The first-order valence-corrected chi connectivity index (χ1v) is 9.20. The molecule has 1 saturated heterocycles. The van der Waals surface area contributed by atoms with Crippen LogP contribution >= 0.6 is 0 Å². The summed E-state index contributed by atoms with van der Waals surface area (Å²) in [6, 6.07) is 7.92. The van der Waals surface area contributed by atoms with E-state index in [1.807, 2.05) is 36.1 Å². The molecule has 0 amide bonds. The minimum absolute atomic E-state index is 0.113. The number of carbonyl (C=O) groups is 2. The molecule has 0 bridgehead atoms. The van der Waals surface area contributed by atoms with Gasteiger partial charge in [0.15, 0.2) is 0 Å². The maximum atomic E-state index is 13.4. The van der Waals surface area contributed by atoms with Crippen LogP contribution in [0.25, 0.3) is 21.8 Å². The zero-order valence-electron chi connectivity index (χ0n) is 15.4. The number of ketones is 2. The summed E-state index contributed by atoms with van der Waals surface area (Å²) in [6.45, 7) is 5.12. The highest BCUT2D eigenvalue weighted by atomic mass is 16.1. The van der Waals surface area contributed by atoms with Crippen LogP contribution in [0, 0.1) is 6.92 Å². The van der Waals surface area contributed by atoms with Gasteiger partial charge in [0.05, 0.1) is 16.8 Å². The Morgan fingerprint density at radius 1 is 1.07 bits per heavy atom. The quantitative estimate of drug-likeness (QED) is 0.722. The largest absolute Gasteiger partial charge is 0.366 e. The molecule has 1 aliphatic heterocycles. The summed E-state index contributed by atoms with van der Waals surface area (Å²) < 4.78 is 0. The van der Waals surface area contributed by atoms with E-state index in [1.165, 1.54) is 6.08 Å². The smallest absolute Gasteiger partial charge is 0.213 e. The minimum Gasteiger partial charge on any atom is -0.366 e. The molecule has 1 aromatic carbocycles. The number of nitrogens with zero attached hydrogens (tertiary/aromatic N) is 3. The monoisotopic (exact) mass is 360 g/mol. The van der Waals surface area contributed by atoms with Gasteiger partial charge < -0.3 is 14.8 Å². The van der Waals surface area contributed by atoms with Gasteiger partial charge in [-0.25, -0.2) is 4.98 Å². The van der Waals surface area contributed by atoms with Crippen LogP contribution in [-0.2, 0) is 0 Å². The molecular formula is C21H20N4O2. The van der Waals surface area contributed by atoms with Gasteiger partial charge >= 0.3 is 0 Å². The van der Waals surface area contributed by atoms with Crippen molar-refractivity contribution in [1.82, 2.24) is 19.8 Å². The average Bonchev–Trinajstić information content (AvgIpc) is 3.05. The number of Topliss-reactive ketones (excluding diaryl/α,β-unsaturated/α-hetero) is 1. The van der Waals surface area contributed by atoms with E-state index in [2.05, 4.69) is 21.9 Å². The van der Waals surface area contributed by atoms with Crippen LogP contribution in [0.15, 0.2) is 36.0 Å². The molecule has 0 atom stereocenters. The first-order chi connectivity index (χ1) is 13.0. The van der Waals surface area contributed by atoms with E-state index in [0.29, 0.717) is 11.3 Å². The molecule has 1 fully saturated rings. The van der Waals surface area contributed by atoms with Crippen LogP contribution in [0.3, 0.4) is 0 Å². The fourth-order valence-electron chi connectivity index (χ4n) is 4.17. The van der Waals surface area contributed by atoms with Gasteiger partial charge in [0, 0.05) is 54.2 Å². The summed E-state index contributed by atoms with van der Waals surface area (Å²) in [7, 11) is 2.07. The molecule has 2 aliphatic rings. The fraction of sp³-hybridized carbons (Fsp3) is 0.286. The molecule has 136 valence electrons. The highest BCUT2D eigenvalue weighted by Gasteiger charge is 2.34. The van der Waals surface area contributed by atoms with Crippen molar-refractivity contribution in [3.63, 3.8) is 0 Å². The summed E-state index contributed by atoms with van der Waals surface area (Å²) in [4.78, 5) is 38.4. The summed E-state index contributed by atoms with van der Waals surface area (Å²) in [6.07, 6.45) is 1.47. The molecule has 6 heteroatoms. The number of nitrogens with one attached hydrogen (secondary N) is 1. The number of H-pyrrole nitrogens is 1. The number of aromatic nitrogens is 2. The second-order valence-corrected chi connectivity index (χ2v) is 7.35. The highest BCUT2D eigenvalue weighted by molar-refractivity contribution is 6.29. The molecule has 3 aromatic rings. The number of allylic oxidation sites excluding steroid dienone is 2. The average molecular weight is 360 g/mol. The van der Waals surface area contributed by atoms with Crippen LogP contribution in [0.5, 0.6) is 0 Å². The van der Waals surface area contributed by atoms with E-state index in [9.17, 15) is 9.59 Å². The van der Waals surface area contributed by atoms with Crippen molar-refractivity contribution < 1.29 is 9.59 Å². The lowest BCUT2D eigenvalue weighted by Crippen LogP contribution is -2.46. The van der Waals surface area contributed by atoms with Crippen LogP contribution in [-0.4, -0.2) is 64.6 Å². The SMILES string of the molecule is Cc1nc2c(c3[nH]c4ccccc4c13)C(=O)C(N1CCN(C)CC1)=CC2=O. The fourth-order valence-corrected chi connectivity index (χ4v) is 4.17. The predicted octanol–water partition coefficient (Wildman–Crippen LogP) is 2.53. The number of hydrogen-bond donors (Lipinski definition) is 1. The van der Waals surface area contributed by atoms with E-state index in [1.54, 1.807) is 0 Å². The van der Waals surface area contributed by atoms with Crippen molar-refractivity contribution in [2.24, 2.45) is 0 Å². The highest BCUT2D eigenvalue weighted by Crippen LogP contribution is 2.34. The van der Waals surface area contributed by atoms with E-state index >= 15 is 0 Å². The number of fused-ring (bicyclic) bond motifs is 5. The van der Waals surface area contributed by atoms with Crippen LogP contribution in [0.1, 0.15) is 26.5 Å². The standard InChI is InChI=1S/C21H20N4O2/c1-12-17-13-5-3-4-6-14(13)23-20(17)18-19(22-12)16(26)11-15(21(18)27)25-9-7-24(2)8-10-25/h3-6,11,23H,7-10H2,1-2H3. The van der Waals surface area contributed by atoms with Crippen molar-refractivity contribution in [3.8, 4) is 0 Å². The zero-order chi connectivity index (χ0) is 18.7. The van der Waals surface area contributed by atoms with Gasteiger partial charge in [-0.2, -0.15) is 0 Å². The Labute approximate surface area is 156 Å². The molecule has 2 aromatic heterocycles. The number of hydrogen-bond acceptors (Lipinski definition) is 5. The van der Waals surface area contributed by atoms with Gasteiger partial charge in [-0.15, -0.1) is 0 Å². The Hall–Kier alpha value is -2.99. The molecule has 5 rings (SSSR count). The van der Waals surface area contributed by atoms with E-state index < -0.39 is 0 Å². The molecule has 27 heavy (non-hydrogen) atoms. The Morgan fingerprint density at radius 2 is 1.81 bits per heavy atom. The molecule has 0 saturated carbocycles. The maximum absolute atomic E-state index is 13.4. The Kier molecular flexibility index (Phi) is 3.45.